The first-order chi connectivity index (χ1) is 9.52. The zero-order valence-corrected chi connectivity index (χ0v) is 13.7. The summed E-state index contributed by atoms with van der Waals surface area (Å²) in [5.74, 6) is 0.101. The van der Waals surface area contributed by atoms with Crippen molar-refractivity contribution in [2.75, 3.05) is 12.9 Å². The average molecular weight is 380 g/mol. The number of hydrogen-bond acceptors (Lipinski definition) is 5. The molecule has 0 aliphatic carbocycles. The largest absolute Gasteiger partial charge is 0.487 e. The van der Waals surface area contributed by atoms with Crippen LogP contribution < -0.4 is 9.47 Å². The van der Waals surface area contributed by atoms with Crippen LogP contribution in [0.5, 0.6) is 11.6 Å². The molecule has 1 aromatic carbocycles. The highest BCUT2D eigenvalue weighted by Crippen LogP contribution is 2.45. The smallest absolute Gasteiger partial charge is 0.229 e. The van der Waals surface area contributed by atoms with Gasteiger partial charge in [0.15, 0.2) is 16.7 Å². The number of nitrogens with zero attached hydrogens (tertiary/aromatic N) is 2. The average Bonchev–Trinajstić information content (AvgIpc) is 2.60. The molecule has 0 radical (unpaired) electrons. The summed E-state index contributed by atoms with van der Waals surface area (Å²) in [6.07, 6.45) is 1.60. The summed E-state index contributed by atoms with van der Waals surface area (Å²) in [7, 11) is 0. The van der Waals surface area contributed by atoms with Crippen LogP contribution in [0.15, 0.2) is 9.63 Å². The predicted octanol–water partition coefficient (Wildman–Crippen LogP) is 4.07. The summed E-state index contributed by atoms with van der Waals surface area (Å²) in [6.45, 7) is 2.15. The Morgan fingerprint density at radius 2 is 2.20 bits per heavy atom. The van der Waals surface area contributed by atoms with E-state index >= 15 is 0 Å². The predicted molar refractivity (Wildman–Crippen MR) is 79.6 cm³/mol. The van der Waals surface area contributed by atoms with Gasteiger partial charge in [0.25, 0.3) is 0 Å². The summed E-state index contributed by atoms with van der Waals surface area (Å²) in [4.78, 5) is 8.47. The van der Waals surface area contributed by atoms with E-state index in [9.17, 15) is 4.39 Å². The number of thioether (sulfide) groups is 1. The highest BCUT2D eigenvalue weighted by atomic mass is 79.9. The first kappa shape index (κ1) is 14.2. The van der Waals surface area contributed by atoms with Gasteiger partial charge in [-0.05, 0) is 29.1 Å². The number of rotatable bonds is 1. The number of ether oxygens (including phenoxy) is 2. The maximum Gasteiger partial charge on any atom is 0.229 e. The van der Waals surface area contributed by atoms with Crippen molar-refractivity contribution in [3.8, 4) is 11.6 Å². The van der Waals surface area contributed by atoms with E-state index in [1.807, 2.05) is 13.2 Å². The minimum Gasteiger partial charge on any atom is -0.487 e. The molecule has 0 saturated carbocycles. The molecule has 1 aromatic heterocycles. The van der Waals surface area contributed by atoms with E-state index in [2.05, 4.69) is 25.9 Å². The first-order valence-corrected chi connectivity index (χ1v) is 8.14. The maximum atomic E-state index is 14.4. The van der Waals surface area contributed by atoms with Gasteiger partial charge in [0.2, 0.25) is 5.88 Å². The molecule has 2 heterocycles. The van der Waals surface area contributed by atoms with Crippen molar-refractivity contribution in [3.63, 3.8) is 0 Å². The summed E-state index contributed by atoms with van der Waals surface area (Å²) in [5, 5.41) is 0.966. The molecule has 0 saturated heterocycles. The van der Waals surface area contributed by atoms with Crippen LogP contribution in [0.1, 0.15) is 6.92 Å². The quantitative estimate of drug-likeness (QED) is 0.425. The van der Waals surface area contributed by atoms with Crippen molar-refractivity contribution in [2.24, 2.45) is 0 Å². The molecule has 20 heavy (non-hydrogen) atoms. The third-order valence-corrected chi connectivity index (χ3v) is 4.71. The first-order valence-electron chi connectivity index (χ1n) is 5.74. The molecule has 0 amide bonds. The highest BCUT2D eigenvalue weighted by molar-refractivity contribution is 9.10. The van der Waals surface area contributed by atoms with Gasteiger partial charge in [0, 0.05) is 0 Å². The number of hydrogen-bond donors (Lipinski definition) is 0. The van der Waals surface area contributed by atoms with E-state index in [-0.39, 0.29) is 21.1 Å². The van der Waals surface area contributed by atoms with Gasteiger partial charge in [-0.2, -0.15) is 4.98 Å². The van der Waals surface area contributed by atoms with Gasteiger partial charge in [-0.3, -0.25) is 0 Å². The van der Waals surface area contributed by atoms with Crippen LogP contribution in [-0.4, -0.2) is 28.9 Å². The Morgan fingerprint density at radius 3 is 2.90 bits per heavy atom. The summed E-state index contributed by atoms with van der Waals surface area (Å²) in [6, 6.07) is 0. The van der Waals surface area contributed by atoms with Crippen molar-refractivity contribution < 1.29 is 13.9 Å². The minimum atomic E-state index is -0.547. The molecule has 106 valence electrons. The third kappa shape index (κ3) is 2.12. The van der Waals surface area contributed by atoms with Crippen LogP contribution in [-0.2, 0) is 0 Å². The second-order valence-corrected chi connectivity index (χ2v) is 6.19. The Hall–Kier alpha value is -0.790. The zero-order chi connectivity index (χ0) is 14.4. The highest BCUT2D eigenvalue weighted by Gasteiger charge is 2.27. The number of halogens is 3. The van der Waals surface area contributed by atoms with Crippen LogP contribution in [0.4, 0.5) is 4.39 Å². The van der Waals surface area contributed by atoms with Crippen LogP contribution in [0.2, 0.25) is 5.02 Å². The second kappa shape index (κ2) is 5.20. The topological polar surface area (TPSA) is 44.2 Å². The molecule has 0 spiro atoms. The van der Waals surface area contributed by atoms with Crippen molar-refractivity contribution in [1.29, 1.82) is 0 Å². The molecule has 2 aromatic rings. The Balaban J connectivity index is 2.45. The summed E-state index contributed by atoms with van der Waals surface area (Å²) < 4.78 is 25.8. The molecule has 1 atom stereocenters. The van der Waals surface area contributed by atoms with Crippen molar-refractivity contribution in [3.05, 3.63) is 15.3 Å². The lowest BCUT2D eigenvalue weighted by Gasteiger charge is -2.11. The van der Waals surface area contributed by atoms with Gasteiger partial charge in [-0.15, -0.1) is 0 Å². The number of aromatic nitrogens is 2. The molecule has 3 rings (SSSR count). The molecule has 0 fully saturated rings. The Bertz CT molecular complexity index is 716. The van der Waals surface area contributed by atoms with E-state index in [4.69, 9.17) is 21.1 Å². The lowest BCUT2D eigenvalue weighted by Crippen LogP contribution is -2.19. The summed E-state index contributed by atoms with van der Waals surface area (Å²) >= 11 is 10.6. The lowest BCUT2D eigenvalue weighted by atomic mass is 10.2. The third-order valence-electron chi connectivity index (χ3n) is 2.83. The monoisotopic (exact) mass is 378 g/mol. The fourth-order valence-electron chi connectivity index (χ4n) is 1.93. The molecular formula is C12H9BrClFN2O2S. The van der Waals surface area contributed by atoms with Gasteiger partial charge in [0.1, 0.15) is 28.6 Å². The van der Waals surface area contributed by atoms with Crippen LogP contribution >= 0.6 is 39.3 Å². The van der Waals surface area contributed by atoms with Gasteiger partial charge in [0.05, 0.1) is 4.47 Å². The van der Waals surface area contributed by atoms with Crippen LogP contribution in [0, 0.1) is 5.82 Å². The molecule has 8 heteroatoms. The minimum absolute atomic E-state index is 0.132. The van der Waals surface area contributed by atoms with E-state index < -0.39 is 5.82 Å². The van der Waals surface area contributed by atoms with Gasteiger partial charge >= 0.3 is 0 Å². The van der Waals surface area contributed by atoms with Gasteiger partial charge in [-0.1, -0.05) is 23.4 Å². The molecule has 1 aliphatic rings. The van der Waals surface area contributed by atoms with Gasteiger partial charge < -0.3 is 9.47 Å². The van der Waals surface area contributed by atoms with Crippen molar-refractivity contribution in [2.45, 2.75) is 18.2 Å². The van der Waals surface area contributed by atoms with Crippen LogP contribution in [0.25, 0.3) is 10.9 Å². The Labute approximate surface area is 132 Å². The number of benzene rings is 1. The molecule has 0 unspecified atom stereocenters. The van der Waals surface area contributed by atoms with E-state index in [0.29, 0.717) is 28.8 Å². The Kier molecular flexibility index (Phi) is 3.68. The fraction of sp³-hybridized carbons (Fsp3) is 0.333. The molecule has 0 N–H and O–H groups in total. The molecule has 1 aliphatic heterocycles. The Morgan fingerprint density at radius 1 is 1.45 bits per heavy atom. The van der Waals surface area contributed by atoms with Crippen LogP contribution in [0.3, 0.4) is 0 Å². The standard InChI is InChI=1S/C12H9BrClFN2O2S/c1-4-3-18-10-5-9(8(15)6(13)7(10)14)16-12(20-2)17-11(5)19-4/h4H,3H2,1-2H3/t4-/m0/s1. The van der Waals surface area contributed by atoms with Gasteiger partial charge in [-0.25, -0.2) is 9.37 Å². The zero-order valence-electron chi connectivity index (χ0n) is 10.5. The molecule has 4 nitrogen and oxygen atoms in total. The van der Waals surface area contributed by atoms with E-state index in [1.165, 1.54) is 11.8 Å². The van der Waals surface area contributed by atoms with E-state index in [1.54, 1.807) is 0 Å². The van der Waals surface area contributed by atoms with E-state index in [0.717, 1.165) is 0 Å². The lowest BCUT2D eigenvalue weighted by molar-refractivity contribution is 0.149. The normalized spacial score (nSPS) is 17.6. The maximum absolute atomic E-state index is 14.4. The SMILES string of the molecule is CSc1nc2c3c(c(Cl)c(Br)c(F)c3n1)OC[C@H](C)O2. The molecule has 0 bridgehead atoms. The van der Waals surface area contributed by atoms with Crippen molar-refractivity contribution in [1.82, 2.24) is 9.97 Å². The fourth-order valence-corrected chi connectivity index (χ4v) is 2.89. The molecular weight excluding hydrogens is 371 g/mol. The van der Waals surface area contributed by atoms with Crippen molar-refractivity contribution >= 4 is 50.2 Å². The second-order valence-electron chi connectivity index (χ2n) is 4.25. The summed E-state index contributed by atoms with van der Waals surface area (Å²) in [5.41, 5.74) is 0.139.